The number of carbonyl (C=O) groups excluding carboxylic acids is 2. The number of rotatable bonds is 12. The van der Waals surface area contributed by atoms with Crippen molar-refractivity contribution in [3.05, 3.63) is 29.8 Å². The highest BCUT2D eigenvalue weighted by Gasteiger charge is 2.19. The van der Waals surface area contributed by atoms with Gasteiger partial charge in [0.2, 0.25) is 5.91 Å². The molecule has 1 aromatic rings. The van der Waals surface area contributed by atoms with Crippen LogP contribution in [-0.4, -0.2) is 67.4 Å². The van der Waals surface area contributed by atoms with Crippen molar-refractivity contribution in [2.75, 3.05) is 45.9 Å². The quantitative estimate of drug-likeness (QED) is 0.555. The molecule has 1 aromatic carbocycles. The normalized spacial score (nSPS) is 14.9. The van der Waals surface area contributed by atoms with Crippen LogP contribution in [0.4, 0.5) is 0 Å². The minimum Gasteiger partial charge on any atom is -0.494 e. The number of Topliss-reactive ketones (excluding diaryl/α,β-unsaturated/α-hetero) is 1. The van der Waals surface area contributed by atoms with Gasteiger partial charge in [0, 0.05) is 52.1 Å². The molecule has 1 amide bonds. The van der Waals surface area contributed by atoms with Gasteiger partial charge in [0.05, 0.1) is 6.61 Å². The maximum absolute atomic E-state index is 11.8. The zero-order chi connectivity index (χ0) is 20.2. The van der Waals surface area contributed by atoms with Crippen molar-refractivity contribution in [2.24, 2.45) is 5.73 Å². The molecule has 156 valence electrons. The molecule has 0 saturated carbocycles. The van der Waals surface area contributed by atoms with Crippen LogP contribution in [0.1, 0.15) is 44.6 Å². The largest absolute Gasteiger partial charge is 0.494 e. The predicted molar refractivity (Wildman–Crippen MR) is 111 cm³/mol. The molecule has 0 aromatic heterocycles. The summed E-state index contributed by atoms with van der Waals surface area (Å²) in [5, 5.41) is 0. The molecule has 0 bridgehead atoms. The highest BCUT2D eigenvalue weighted by Crippen LogP contribution is 2.15. The molecule has 1 aliphatic rings. The van der Waals surface area contributed by atoms with Crippen LogP contribution >= 0.6 is 0 Å². The first-order chi connectivity index (χ1) is 13.6. The van der Waals surface area contributed by atoms with Gasteiger partial charge in [-0.05, 0) is 50.3 Å². The van der Waals surface area contributed by atoms with Crippen LogP contribution in [0.15, 0.2) is 24.3 Å². The molecule has 2 rings (SSSR count). The Bertz CT molecular complexity index is 596. The van der Waals surface area contributed by atoms with Crippen molar-refractivity contribution < 1.29 is 14.3 Å². The van der Waals surface area contributed by atoms with Crippen molar-refractivity contribution in [2.45, 2.75) is 45.4 Å². The average Bonchev–Trinajstić information content (AvgIpc) is 2.70. The molecule has 1 aliphatic heterocycles. The third-order valence-electron chi connectivity index (χ3n) is 5.14. The standard InChI is InChI=1S/C22H35N3O3/c1-19(26)5-2-3-6-20-7-9-21(10-8-20)28-18-4-13-24-14-16-25(17-15-24)22(27)11-12-23/h7-10H,2-6,11-18,23H2,1H3. The summed E-state index contributed by atoms with van der Waals surface area (Å²) in [4.78, 5) is 27.1. The Morgan fingerprint density at radius 1 is 1.00 bits per heavy atom. The fourth-order valence-electron chi connectivity index (χ4n) is 3.44. The van der Waals surface area contributed by atoms with Gasteiger partial charge in [0.25, 0.3) is 0 Å². The third kappa shape index (κ3) is 8.40. The second kappa shape index (κ2) is 12.5. The van der Waals surface area contributed by atoms with E-state index in [1.807, 2.05) is 17.0 Å². The number of ether oxygens (including phenoxy) is 1. The number of hydrogen-bond acceptors (Lipinski definition) is 5. The smallest absolute Gasteiger partial charge is 0.223 e. The van der Waals surface area contributed by atoms with Crippen molar-refractivity contribution in [1.29, 1.82) is 0 Å². The van der Waals surface area contributed by atoms with Gasteiger partial charge in [-0.25, -0.2) is 0 Å². The SMILES string of the molecule is CC(=O)CCCCc1ccc(OCCCN2CCN(C(=O)CCN)CC2)cc1. The number of piperazine rings is 1. The number of amides is 1. The van der Waals surface area contributed by atoms with Crippen LogP contribution in [0, 0.1) is 0 Å². The number of carbonyl (C=O) groups is 2. The molecule has 0 atom stereocenters. The Kier molecular flexibility index (Phi) is 10.0. The zero-order valence-corrected chi connectivity index (χ0v) is 17.2. The summed E-state index contributed by atoms with van der Waals surface area (Å²) in [6.07, 6.45) is 5.12. The molecule has 6 heteroatoms. The van der Waals surface area contributed by atoms with E-state index in [2.05, 4.69) is 17.0 Å². The number of unbranched alkanes of at least 4 members (excludes halogenated alkanes) is 1. The topological polar surface area (TPSA) is 75.9 Å². The monoisotopic (exact) mass is 389 g/mol. The van der Waals surface area contributed by atoms with Crippen molar-refractivity contribution in [1.82, 2.24) is 9.80 Å². The van der Waals surface area contributed by atoms with E-state index in [9.17, 15) is 9.59 Å². The lowest BCUT2D eigenvalue weighted by Crippen LogP contribution is -2.49. The van der Waals surface area contributed by atoms with Gasteiger partial charge in [0.15, 0.2) is 0 Å². The van der Waals surface area contributed by atoms with Crippen molar-refractivity contribution in [3.8, 4) is 5.75 Å². The number of benzene rings is 1. The first kappa shape index (κ1) is 22.4. The maximum atomic E-state index is 11.8. The minimum absolute atomic E-state index is 0.174. The summed E-state index contributed by atoms with van der Waals surface area (Å²) < 4.78 is 5.85. The first-order valence-corrected chi connectivity index (χ1v) is 10.5. The molecule has 0 radical (unpaired) electrons. The number of aryl methyl sites for hydroxylation is 1. The fourth-order valence-corrected chi connectivity index (χ4v) is 3.44. The minimum atomic E-state index is 0.174. The summed E-state index contributed by atoms with van der Waals surface area (Å²) in [5.74, 6) is 1.35. The van der Waals surface area contributed by atoms with E-state index in [-0.39, 0.29) is 11.7 Å². The molecule has 0 spiro atoms. The summed E-state index contributed by atoms with van der Waals surface area (Å²) in [7, 11) is 0. The number of nitrogens with zero attached hydrogens (tertiary/aromatic N) is 2. The second-order valence-electron chi connectivity index (χ2n) is 7.52. The van der Waals surface area contributed by atoms with Crippen molar-refractivity contribution >= 4 is 11.7 Å². The third-order valence-corrected chi connectivity index (χ3v) is 5.14. The summed E-state index contributed by atoms with van der Waals surface area (Å²) in [6, 6.07) is 8.28. The second-order valence-corrected chi connectivity index (χ2v) is 7.52. The van der Waals surface area contributed by atoms with Crippen LogP contribution in [0.25, 0.3) is 0 Å². The van der Waals surface area contributed by atoms with Gasteiger partial charge >= 0.3 is 0 Å². The van der Waals surface area contributed by atoms with E-state index in [4.69, 9.17) is 10.5 Å². The number of nitrogens with two attached hydrogens (primary N) is 1. The summed E-state index contributed by atoms with van der Waals surface area (Å²) in [6.45, 7) is 7.22. The highest BCUT2D eigenvalue weighted by molar-refractivity contribution is 5.76. The van der Waals surface area contributed by atoms with Crippen LogP contribution in [-0.2, 0) is 16.0 Å². The van der Waals surface area contributed by atoms with E-state index in [0.29, 0.717) is 26.0 Å². The number of hydrogen-bond donors (Lipinski definition) is 1. The lowest BCUT2D eigenvalue weighted by atomic mass is 10.1. The number of ketones is 1. The summed E-state index contributed by atoms with van der Waals surface area (Å²) in [5.41, 5.74) is 6.74. The molecular weight excluding hydrogens is 354 g/mol. The van der Waals surface area contributed by atoms with Crippen LogP contribution < -0.4 is 10.5 Å². The van der Waals surface area contributed by atoms with E-state index >= 15 is 0 Å². The molecule has 1 fully saturated rings. The summed E-state index contributed by atoms with van der Waals surface area (Å²) >= 11 is 0. The highest BCUT2D eigenvalue weighted by atomic mass is 16.5. The van der Waals surface area contributed by atoms with E-state index < -0.39 is 0 Å². The maximum Gasteiger partial charge on any atom is 0.223 e. The van der Waals surface area contributed by atoms with E-state index in [1.54, 1.807) is 6.92 Å². The lowest BCUT2D eigenvalue weighted by molar-refractivity contribution is -0.132. The lowest BCUT2D eigenvalue weighted by Gasteiger charge is -2.34. The molecule has 6 nitrogen and oxygen atoms in total. The van der Waals surface area contributed by atoms with Gasteiger partial charge in [0.1, 0.15) is 11.5 Å². The molecule has 1 saturated heterocycles. The molecule has 0 unspecified atom stereocenters. The Hall–Kier alpha value is -1.92. The van der Waals surface area contributed by atoms with Crippen LogP contribution in [0.3, 0.4) is 0 Å². The fraction of sp³-hybridized carbons (Fsp3) is 0.636. The van der Waals surface area contributed by atoms with E-state index in [1.165, 1.54) is 5.56 Å². The Labute approximate surface area is 169 Å². The molecule has 28 heavy (non-hydrogen) atoms. The van der Waals surface area contributed by atoms with Crippen LogP contribution in [0.2, 0.25) is 0 Å². The Balaban J connectivity index is 1.56. The van der Waals surface area contributed by atoms with Crippen molar-refractivity contribution in [3.63, 3.8) is 0 Å². The molecule has 2 N–H and O–H groups in total. The van der Waals surface area contributed by atoms with Crippen LogP contribution in [0.5, 0.6) is 5.75 Å². The van der Waals surface area contributed by atoms with E-state index in [0.717, 1.165) is 64.2 Å². The zero-order valence-electron chi connectivity index (χ0n) is 17.2. The molecular formula is C22H35N3O3. The first-order valence-electron chi connectivity index (χ1n) is 10.5. The Morgan fingerprint density at radius 3 is 2.36 bits per heavy atom. The molecule has 1 heterocycles. The van der Waals surface area contributed by atoms with Gasteiger partial charge in [-0.15, -0.1) is 0 Å². The van der Waals surface area contributed by atoms with Gasteiger partial charge in [-0.2, -0.15) is 0 Å². The predicted octanol–water partition coefficient (Wildman–Crippen LogP) is 2.25. The van der Waals surface area contributed by atoms with Gasteiger partial charge in [-0.3, -0.25) is 9.69 Å². The Morgan fingerprint density at radius 2 is 1.71 bits per heavy atom. The van der Waals surface area contributed by atoms with Gasteiger partial charge < -0.3 is 20.2 Å². The average molecular weight is 390 g/mol. The van der Waals surface area contributed by atoms with Gasteiger partial charge in [-0.1, -0.05) is 12.1 Å². The molecule has 0 aliphatic carbocycles.